The lowest BCUT2D eigenvalue weighted by Crippen LogP contribution is -2.11. The number of ketones is 1. The Balaban J connectivity index is 2.37. The molecule has 0 aliphatic heterocycles. The maximum absolute atomic E-state index is 13.7. The molecule has 0 aliphatic carbocycles. The van der Waals surface area contributed by atoms with Crippen LogP contribution in [0.2, 0.25) is 0 Å². The fourth-order valence-electron chi connectivity index (χ4n) is 1.85. The van der Waals surface area contributed by atoms with Crippen LogP contribution >= 0.6 is 11.3 Å². The molecule has 1 atom stereocenters. The third kappa shape index (κ3) is 2.75. The first kappa shape index (κ1) is 14.4. The summed E-state index contributed by atoms with van der Waals surface area (Å²) in [5.74, 6) is -3.32. The Morgan fingerprint density at radius 2 is 2.10 bits per heavy atom. The molecule has 2 nitrogen and oxygen atoms in total. The molecule has 0 saturated carbocycles. The molecular formula is C15H11F2NOS. The van der Waals surface area contributed by atoms with Crippen LogP contribution in [0.4, 0.5) is 8.78 Å². The second-order valence-electron chi connectivity index (χ2n) is 4.21. The third-order valence-corrected chi connectivity index (χ3v) is 4.16. The zero-order valence-electron chi connectivity index (χ0n) is 10.7. The molecule has 0 amide bonds. The van der Waals surface area contributed by atoms with Crippen molar-refractivity contribution >= 4 is 17.1 Å². The molecule has 1 unspecified atom stereocenters. The van der Waals surface area contributed by atoms with E-state index in [2.05, 4.69) is 0 Å². The second-order valence-corrected chi connectivity index (χ2v) is 5.38. The van der Waals surface area contributed by atoms with Gasteiger partial charge in [0, 0.05) is 16.5 Å². The number of thiophene rings is 1. The van der Waals surface area contributed by atoms with E-state index in [1.807, 2.05) is 13.0 Å². The topological polar surface area (TPSA) is 40.9 Å². The largest absolute Gasteiger partial charge is 0.291 e. The first-order valence-electron chi connectivity index (χ1n) is 6.04. The minimum Gasteiger partial charge on any atom is -0.291 e. The Labute approximate surface area is 119 Å². The van der Waals surface area contributed by atoms with Gasteiger partial charge in [-0.3, -0.25) is 4.79 Å². The number of halogens is 2. The van der Waals surface area contributed by atoms with Crippen LogP contribution in [0.15, 0.2) is 30.3 Å². The van der Waals surface area contributed by atoms with Crippen LogP contribution in [-0.4, -0.2) is 5.78 Å². The van der Waals surface area contributed by atoms with Crippen LogP contribution in [0.3, 0.4) is 0 Å². The van der Waals surface area contributed by atoms with Crippen molar-refractivity contribution in [3.8, 4) is 6.07 Å². The van der Waals surface area contributed by atoms with E-state index in [4.69, 9.17) is 5.26 Å². The molecule has 2 rings (SSSR count). The highest BCUT2D eigenvalue weighted by molar-refractivity contribution is 7.14. The first-order valence-corrected chi connectivity index (χ1v) is 6.86. The predicted octanol–water partition coefficient (Wildman–Crippen LogP) is 4.08. The van der Waals surface area contributed by atoms with Gasteiger partial charge in [-0.05, 0) is 24.6 Å². The minimum absolute atomic E-state index is 0.0923. The van der Waals surface area contributed by atoms with E-state index in [9.17, 15) is 13.6 Å². The highest BCUT2D eigenvalue weighted by Crippen LogP contribution is 2.27. The lowest BCUT2D eigenvalue weighted by atomic mass is 9.94. The summed E-state index contributed by atoms with van der Waals surface area (Å²) in [5, 5.41) is 9.14. The number of nitrogens with zero attached hydrogens (tertiary/aromatic N) is 1. The van der Waals surface area contributed by atoms with Crippen LogP contribution < -0.4 is 0 Å². The average molecular weight is 291 g/mol. The molecule has 1 heterocycles. The van der Waals surface area contributed by atoms with Crippen LogP contribution in [0.25, 0.3) is 0 Å². The van der Waals surface area contributed by atoms with Crippen LogP contribution in [-0.2, 0) is 6.42 Å². The summed E-state index contributed by atoms with van der Waals surface area (Å²) in [6.45, 7) is 1.96. The Morgan fingerprint density at radius 1 is 1.35 bits per heavy atom. The first-order chi connectivity index (χ1) is 9.56. The number of benzene rings is 1. The molecule has 1 aromatic carbocycles. The van der Waals surface area contributed by atoms with E-state index in [1.54, 1.807) is 12.1 Å². The fraction of sp³-hybridized carbons (Fsp3) is 0.200. The van der Waals surface area contributed by atoms with Gasteiger partial charge in [0.2, 0.25) is 0 Å². The van der Waals surface area contributed by atoms with E-state index < -0.39 is 23.3 Å². The van der Waals surface area contributed by atoms with E-state index in [0.29, 0.717) is 10.9 Å². The zero-order chi connectivity index (χ0) is 14.7. The smallest absolute Gasteiger partial charge is 0.194 e. The van der Waals surface area contributed by atoms with E-state index in [0.717, 1.165) is 23.4 Å². The van der Waals surface area contributed by atoms with Crippen molar-refractivity contribution in [1.82, 2.24) is 0 Å². The maximum atomic E-state index is 13.7. The Kier molecular flexibility index (Phi) is 4.26. The van der Waals surface area contributed by atoms with Crippen molar-refractivity contribution in [2.24, 2.45) is 0 Å². The summed E-state index contributed by atoms with van der Waals surface area (Å²) in [5.41, 5.74) is -0.0923. The number of nitriles is 1. The lowest BCUT2D eigenvalue weighted by Gasteiger charge is -2.08. The van der Waals surface area contributed by atoms with Crippen molar-refractivity contribution in [2.45, 2.75) is 19.3 Å². The summed E-state index contributed by atoms with van der Waals surface area (Å²) in [4.78, 5) is 13.7. The number of carbonyl (C=O) groups is 1. The van der Waals surface area contributed by atoms with Gasteiger partial charge in [-0.2, -0.15) is 5.26 Å². The van der Waals surface area contributed by atoms with Gasteiger partial charge in [-0.15, -0.1) is 11.3 Å². The third-order valence-electron chi connectivity index (χ3n) is 2.92. The van der Waals surface area contributed by atoms with Crippen molar-refractivity contribution in [3.05, 3.63) is 57.3 Å². The van der Waals surface area contributed by atoms with Crippen molar-refractivity contribution in [3.63, 3.8) is 0 Å². The van der Waals surface area contributed by atoms with Gasteiger partial charge < -0.3 is 0 Å². The molecule has 1 aromatic heterocycles. The molecule has 0 radical (unpaired) electrons. The molecule has 2 aromatic rings. The average Bonchev–Trinajstić information content (AvgIpc) is 2.90. The summed E-state index contributed by atoms with van der Waals surface area (Å²) >= 11 is 1.29. The maximum Gasteiger partial charge on any atom is 0.194 e. The molecule has 0 bridgehead atoms. The molecule has 0 saturated heterocycles. The van der Waals surface area contributed by atoms with Crippen molar-refractivity contribution < 1.29 is 13.6 Å². The molecule has 102 valence electrons. The van der Waals surface area contributed by atoms with Crippen LogP contribution in [0.1, 0.15) is 33.0 Å². The monoisotopic (exact) mass is 291 g/mol. The van der Waals surface area contributed by atoms with E-state index in [1.165, 1.54) is 11.3 Å². The summed E-state index contributed by atoms with van der Waals surface area (Å²) in [7, 11) is 0. The number of hydrogen-bond donors (Lipinski definition) is 0. The normalized spacial score (nSPS) is 11.9. The number of aryl methyl sites for hydroxylation is 1. The highest BCUT2D eigenvalue weighted by Gasteiger charge is 2.26. The fourth-order valence-corrected chi connectivity index (χ4v) is 2.77. The molecular weight excluding hydrogens is 280 g/mol. The molecule has 20 heavy (non-hydrogen) atoms. The molecule has 0 aliphatic rings. The van der Waals surface area contributed by atoms with E-state index >= 15 is 0 Å². The highest BCUT2D eigenvalue weighted by atomic mass is 32.1. The standard InChI is InChI=1S/C15H11F2NOS/c1-2-10-4-6-14(20-10)15(19)12(8-18)11-5-3-9(16)7-13(11)17/h3-7,12H,2H2,1H3. The van der Waals surface area contributed by atoms with Crippen molar-refractivity contribution in [1.29, 1.82) is 5.26 Å². The molecule has 0 spiro atoms. The van der Waals surface area contributed by atoms with Gasteiger partial charge in [-0.1, -0.05) is 13.0 Å². The summed E-state index contributed by atoms with van der Waals surface area (Å²) in [6, 6.07) is 8.11. The SMILES string of the molecule is CCc1ccc(C(=O)C(C#N)c2ccc(F)cc2F)s1. The number of hydrogen-bond acceptors (Lipinski definition) is 3. The van der Waals surface area contributed by atoms with Gasteiger partial charge >= 0.3 is 0 Å². The minimum atomic E-state index is -1.25. The van der Waals surface area contributed by atoms with Gasteiger partial charge in [0.05, 0.1) is 10.9 Å². The quantitative estimate of drug-likeness (QED) is 0.796. The molecule has 0 N–H and O–H groups in total. The molecule has 5 heteroatoms. The lowest BCUT2D eigenvalue weighted by molar-refractivity contribution is 0.0981. The number of rotatable bonds is 4. The Morgan fingerprint density at radius 3 is 2.65 bits per heavy atom. The summed E-state index contributed by atoms with van der Waals surface area (Å²) in [6.07, 6.45) is 0.792. The van der Waals surface area contributed by atoms with Gasteiger partial charge in [0.1, 0.15) is 17.6 Å². The second kappa shape index (κ2) is 5.93. The van der Waals surface area contributed by atoms with Gasteiger partial charge in [0.25, 0.3) is 0 Å². The number of carbonyl (C=O) groups excluding carboxylic acids is 1. The zero-order valence-corrected chi connectivity index (χ0v) is 11.5. The Bertz CT molecular complexity index is 687. The molecule has 0 fully saturated rings. The summed E-state index contributed by atoms with van der Waals surface area (Å²) < 4.78 is 26.6. The van der Waals surface area contributed by atoms with E-state index in [-0.39, 0.29) is 5.56 Å². The van der Waals surface area contributed by atoms with Crippen LogP contribution in [0.5, 0.6) is 0 Å². The predicted molar refractivity (Wildman–Crippen MR) is 72.7 cm³/mol. The van der Waals surface area contributed by atoms with Crippen molar-refractivity contribution in [2.75, 3.05) is 0 Å². The van der Waals surface area contributed by atoms with Gasteiger partial charge in [-0.25, -0.2) is 8.78 Å². The Hall–Kier alpha value is -2.06. The van der Waals surface area contributed by atoms with Gasteiger partial charge in [0.15, 0.2) is 5.78 Å². The van der Waals surface area contributed by atoms with Crippen LogP contribution in [0, 0.1) is 23.0 Å². The number of Topliss-reactive ketones (excluding diaryl/α,β-unsaturated/α-hetero) is 1.